The molecule has 0 radical (unpaired) electrons. The molecule has 0 aromatic heterocycles. The molecule has 1 aromatic carbocycles. The van der Waals surface area contributed by atoms with E-state index in [4.69, 9.17) is 14.6 Å². The zero-order valence-corrected chi connectivity index (χ0v) is 10.00. The van der Waals surface area contributed by atoms with Gasteiger partial charge in [0.25, 0.3) is 0 Å². The first-order valence-electron chi connectivity index (χ1n) is 4.21. The summed E-state index contributed by atoms with van der Waals surface area (Å²) in [5.41, 5.74) is 0.530. The summed E-state index contributed by atoms with van der Waals surface area (Å²) < 4.78 is 10.9. The molecule has 1 aromatic rings. The maximum absolute atomic E-state index is 10.7. The number of benzene rings is 1. The molecule has 5 heteroatoms. The van der Waals surface area contributed by atoms with Crippen LogP contribution in [0.15, 0.2) is 16.6 Å². The topological polar surface area (TPSA) is 55.8 Å². The molecule has 0 saturated heterocycles. The number of ether oxygens (including phenoxy) is 2. The molecule has 0 unspecified atom stereocenters. The third-order valence-corrected chi connectivity index (χ3v) is 2.55. The van der Waals surface area contributed by atoms with Crippen LogP contribution in [0.2, 0.25) is 0 Å². The monoisotopic (exact) mass is 274 g/mol. The summed E-state index contributed by atoms with van der Waals surface area (Å²) in [6, 6.07) is 3.45. The Morgan fingerprint density at radius 3 is 2.53 bits per heavy atom. The van der Waals surface area contributed by atoms with Crippen molar-refractivity contribution in [2.45, 2.75) is 6.42 Å². The van der Waals surface area contributed by atoms with Crippen molar-refractivity contribution in [3.05, 3.63) is 22.2 Å². The Balaban J connectivity index is 3.26. The second-order valence-electron chi connectivity index (χ2n) is 2.83. The van der Waals surface area contributed by atoms with E-state index in [1.807, 2.05) is 0 Å². The van der Waals surface area contributed by atoms with Crippen LogP contribution >= 0.6 is 15.9 Å². The van der Waals surface area contributed by atoms with Gasteiger partial charge in [0.1, 0.15) is 11.5 Å². The summed E-state index contributed by atoms with van der Waals surface area (Å²) in [7, 11) is 2.99. The van der Waals surface area contributed by atoms with Gasteiger partial charge in [-0.3, -0.25) is 4.79 Å². The minimum absolute atomic E-state index is 0.133. The third kappa shape index (κ3) is 2.62. The smallest absolute Gasteiger partial charge is 0.308 e. The van der Waals surface area contributed by atoms with Gasteiger partial charge in [0.05, 0.1) is 25.1 Å². The largest absolute Gasteiger partial charge is 0.496 e. The van der Waals surface area contributed by atoms with Gasteiger partial charge in [0, 0.05) is 5.56 Å². The Kier molecular flexibility index (Phi) is 3.96. The molecule has 0 saturated carbocycles. The highest BCUT2D eigenvalue weighted by molar-refractivity contribution is 9.10. The lowest BCUT2D eigenvalue weighted by Crippen LogP contribution is -2.05. The van der Waals surface area contributed by atoms with Gasteiger partial charge in [0.2, 0.25) is 0 Å². The van der Waals surface area contributed by atoms with E-state index in [0.29, 0.717) is 21.5 Å². The van der Waals surface area contributed by atoms with Crippen molar-refractivity contribution in [3.8, 4) is 11.5 Å². The number of hydrogen-bond acceptors (Lipinski definition) is 3. The number of rotatable bonds is 4. The first-order valence-corrected chi connectivity index (χ1v) is 5.00. The summed E-state index contributed by atoms with van der Waals surface area (Å²) in [6.45, 7) is 0. The summed E-state index contributed by atoms with van der Waals surface area (Å²) in [6.07, 6.45) is -0.133. The summed E-state index contributed by atoms with van der Waals surface area (Å²) in [5.74, 6) is 0.0823. The van der Waals surface area contributed by atoms with Crippen molar-refractivity contribution in [3.63, 3.8) is 0 Å². The number of carboxylic acids is 1. The molecular formula is C10H11BrO4. The fourth-order valence-corrected chi connectivity index (χ4v) is 1.85. The van der Waals surface area contributed by atoms with Crippen LogP contribution in [0.4, 0.5) is 0 Å². The molecule has 0 bridgehead atoms. The zero-order valence-electron chi connectivity index (χ0n) is 8.41. The molecule has 0 aliphatic heterocycles. The van der Waals surface area contributed by atoms with Gasteiger partial charge in [-0.2, -0.15) is 0 Å². The molecule has 0 spiro atoms. The fraction of sp³-hybridized carbons (Fsp3) is 0.300. The minimum Gasteiger partial charge on any atom is -0.496 e. The van der Waals surface area contributed by atoms with Crippen LogP contribution in [0.5, 0.6) is 11.5 Å². The number of methoxy groups -OCH3 is 2. The van der Waals surface area contributed by atoms with E-state index >= 15 is 0 Å². The number of aliphatic carboxylic acids is 1. The van der Waals surface area contributed by atoms with Gasteiger partial charge in [-0.25, -0.2) is 0 Å². The SMILES string of the molecule is COc1ccc(Br)c(OC)c1CC(=O)O. The molecule has 4 nitrogen and oxygen atoms in total. The number of carbonyl (C=O) groups is 1. The van der Waals surface area contributed by atoms with E-state index in [2.05, 4.69) is 15.9 Å². The summed E-state index contributed by atoms with van der Waals surface area (Å²) >= 11 is 3.29. The van der Waals surface area contributed by atoms with Gasteiger partial charge in [-0.1, -0.05) is 0 Å². The highest BCUT2D eigenvalue weighted by Crippen LogP contribution is 2.35. The van der Waals surface area contributed by atoms with Gasteiger partial charge in [-0.05, 0) is 28.1 Å². The van der Waals surface area contributed by atoms with Crippen LogP contribution in [0, 0.1) is 0 Å². The minimum atomic E-state index is -0.926. The quantitative estimate of drug-likeness (QED) is 0.914. The molecule has 0 fully saturated rings. The molecule has 1 N–H and O–H groups in total. The Morgan fingerprint density at radius 2 is 2.07 bits per heavy atom. The lowest BCUT2D eigenvalue weighted by molar-refractivity contribution is -0.136. The summed E-state index contributed by atoms with van der Waals surface area (Å²) in [5, 5.41) is 8.77. The zero-order chi connectivity index (χ0) is 11.4. The highest BCUT2D eigenvalue weighted by atomic mass is 79.9. The second kappa shape index (κ2) is 5.02. The molecule has 1 rings (SSSR count). The molecule has 0 aliphatic carbocycles. The van der Waals surface area contributed by atoms with Crippen LogP contribution in [0.3, 0.4) is 0 Å². The van der Waals surface area contributed by atoms with E-state index in [0.717, 1.165) is 0 Å². The normalized spacial score (nSPS) is 9.80. The standard InChI is InChI=1S/C10H11BrO4/c1-14-8-4-3-7(11)10(15-2)6(8)5-9(12)13/h3-4H,5H2,1-2H3,(H,12,13). The molecule has 82 valence electrons. The van der Waals surface area contributed by atoms with Crippen molar-refractivity contribution < 1.29 is 19.4 Å². The predicted molar refractivity (Wildman–Crippen MR) is 58.6 cm³/mol. The van der Waals surface area contributed by atoms with E-state index in [1.54, 1.807) is 12.1 Å². The molecular weight excluding hydrogens is 264 g/mol. The first-order chi connectivity index (χ1) is 7.10. The number of halogens is 1. The molecule has 0 heterocycles. The molecule has 0 aliphatic rings. The van der Waals surface area contributed by atoms with Crippen LogP contribution in [0.25, 0.3) is 0 Å². The van der Waals surface area contributed by atoms with Crippen LogP contribution in [0.1, 0.15) is 5.56 Å². The van der Waals surface area contributed by atoms with Gasteiger partial charge in [0.15, 0.2) is 0 Å². The predicted octanol–water partition coefficient (Wildman–Crippen LogP) is 2.09. The van der Waals surface area contributed by atoms with E-state index in [-0.39, 0.29) is 6.42 Å². The fourth-order valence-electron chi connectivity index (χ4n) is 1.31. The van der Waals surface area contributed by atoms with E-state index in [9.17, 15) is 4.79 Å². The maximum Gasteiger partial charge on any atom is 0.308 e. The molecule has 0 amide bonds. The molecule has 0 atom stereocenters. The third-order valence-electron chi connectivity index (χ3n) is 1.92. The Labute approximate surface area is 95.9 Å². The maximum atomic E-state index is 10.7. The van der Waals surface area contributed by atoms with Gasteiger partial charge >= 0.3 is 5.97 Å². The average molecular weight is 275 g/mol. The lowest BCUT2D eigenvalue weighted by Gasteiger charge is -2.12. The van der Waals surface area contributed by atoms with Crippen LogP contribution in [-0.4, -0.2) is 25.3 Å². The Bertz CT molecular complexity index is 376. The lowest BCUT2D eigenvalue weighted by atomic mass is 10.1. The van der Waals surface area contributed by atoms with Crippen molar-refractivity contribution in [2.75, 3.05) is 14.2 Å². The van der Waals surface area contributed by atoms with Gasteiger partial charge < -0.3 is 14.6 Å². The second-order valence-corrected chi connectivity index (χ2v) is 3.69. The van der Waals surface area contributed by atoms with Crippen LogP contribution in [-0.2, 0) is 11.2 Å². The van der Waals surface area contributed by atoms with Crippen LogP contribution < -0.4 is 9.47 Å². The summed E-state index contributed by atoms with van der Waals surface area (Å²) in [4.78, 5) is 10.7. The molecule has 15 heavy (non-hydrogen) atoms. The highest BCUT2D eigenvalue weighted by Gasteiger charge is 2.16. The Morgan fingerprint density at radius 1 is 1.40 bits per heavy atom. The van der Waals surface area contributed by atoms with Crippen molar-refractivity contribution in [1.82, 2.24) is 0 Å². The van der Waals surface area contributed by atoms with Crippen molar-refractivity contribution in [1.29, 1.82) is 0 Å². The average Bonchev–Trinajstić information content (AvgIpc) is 2.18. The van der Waals surface area contributed by atoms with E-state index < -0.39 is 5.97 Å². The first kappa shape index (κ1) is 11.8. The number of hydrogen-bond donors (Lipinski definition) is 1. The van der Waals surface area contributed by atoms with Crippen molar-refractivity contribution in [2.24, 2.45) is 0 Å². The number of carboxylic acid groups (broad SMARTS) is 1. The van der Waals surface area contributed by atoms with Crippen molar-refractivity contribution >= 4 is 21.9 Å². The van der Waals surface area contributed by atoms with Gasteiger partial charge in [-0.15, -0.1) is 0 Å². The Hall–Kier alpha value is -1.23. The van der Waals surface area contributed by atoms with E-state index in [1.165, 1.54) is 14.2 Å².